The summed E-state index contributed by atoms with van der Waals surface area (Å²) in [6.07, 6.45) is -0.538. The highest BCUT2D eigenvalue weighted by Gasteiger charge is 2.16. The fourth-order valence-electron chi connectivity index (χ4n) is 1.27. The smallest absolute Gasteiger partial charge is 0.407 e. The van der Waals surface area contributed by atoms with Crippen LogP contribution >= 0.6 is 11.3 Å². The Hall–Kier alpha value is -1.65. The van der Waals surface area contributed by atoms with Gasteiger partial charge in [-0.25, -0.2) is 9.93 Å². The molecule has 5 N–H and O–H groups in total. The van der Waals surface area contributed by atoms with Gasteiger partial charge in [0.2, 0.25) is 0 Å². The Balaban J connectivity index is 2.65. The number of rotatable bonds is 4. The van der Waals surface area contributed by atoms with Crippen molar-refractivity contribution in [3.63, 3.8) is 0 Å². The molecule has 1 rings (SSSR count). The number of hydrogen-bond donors (Lipinski definition) is 3. The molecule has 8 nitrogen and oxygen atoms in total. The minimum atomic E-state index is -4.03. The van der Waals surface area contributed by atoms with Gasteiger partial charge in [0.25, 0.3) is 0 Å². The second-order valence-corrected chi connectivity index (χ2v) is 7.36. The third-order valence-corrected chi connectivity index (χ3v) is 3.37. The number of nitrogens with zero attached hydrogens (tertiary/aromatic N) is 1. The van der Waals surface area contributed by atoms with Crippen molar-refractivity contribution in [2.24, 2.45) is 15.3 Å². The van der Waals surface area contributed by atoms with Crippen molar-refractivity contribution in [1.82, 2.24) is 5.32 Å². The number of thiophene rings is 1. The molecule has 0 aliphatic heterocycles. The van der Waals surface area contributed by atoms with Crippen molar-refractivity contribution in [3.05, 3.63) is 21.9 Å². The molecule has 0 aromatic carbocycles. The minimum absolute atomic E-state index is 0.197. The quantitative estimate of drug-likeness (QED) is 0.549. The zero-order valence-corrected chi connectivity index (χ0v) is 13.5. The Morgan fingerprint density at radius 3 is 2.62 bits per heavy atom. The number of ether oxygens (including phenoxy) is 1. The van der Waals surface area contributed by atoms with E-state index in [4.69, 9.17) is 15.6 Å². The summed E-state index contributed by atoms with van der Waals surface area (Å²) in [6.45, 7) is 5.53. The third kappa shape index (κ3) is 7.06. The van der Waals surface area contributed by atoms with Crippen LogP contribution in [0, 0.1) is 0 Å². The predicted molar refractivity (Wildman–Crippen MR) is 81.2 cm³/mol. The first-order valence-electron chi connectivity index (χ1n) is 5.89. The van der Waals surface area contributed by atoms with Crippen molar-refractivity contribution in [1.29, 1.82) is 0 Å². The normalized spacial score (nSPS) is 13.0. The monoisotopic (exact) mass is 334 g/mol. The number of amidine groups is 1. The van der Waals surface area contributed by atoms with Crippen molar-refractivity contribution in [2.75, 3.05) is 0 Å². The summed E-state index contributed by atoms with van der Waals surface area (Å²) in [7, 11) is -4.03. The van der Waals surface area contributed by atoms with E-state index in [0.29, 0.717) is 5.56 Å². The average molecular weight is 334 g/mol. The summed E-state index contributed by atoms with van der Waals surface area (Å²) in [5.74, 6) is -0.197. The van der Waals surface area contributed by atoms with Crippen LogP contribution in [-0.2, 0) is 21.5 Å². The lowest BCUT2D eigenvalue weighted by atomic mass is 10.2. The zero-order valence-electron chi connectivity index (χ0n) is 11.9. The zero-order chi connectivity index (χ0) is 16.3. The third-order valence-electron chi connectivity index (χ3n) is 1.98. The van der Waals surface area contributed by atoms with E-state index in [1.54, 1.807) is 32.2 Å². The Morgan fingerprint density at radius 1 is 1.48 bits per heavy atom. The van der Waals surface area contributed by atoms with E-state index in [1.165, 1.54) is 11.3 Å². The molecule has 0 saturated heterocycles. The standard InChI is InChI=1S/C11H18N4O4S2/c1-11(2,3)19-10(16)14-5-8-4-7(6-20-8)9(12)15-21(13,17)18/h4,6H,5H2,1-3H3,(H2,12,15)(H,14,16)(H2,13,17,18). The second kappa shape index (κ2) is 6.41. The van der Waals surface area contributed by atoms with Crippen LogP contribution in [-0.4, -0.2) is 25.9 Å². The van der Waals surface area contributed by atoms with Crippen LogP contribution in [0.4, 0.5) is 4.79 Å². The van der Waals surface area contributed by atoms with Crippen LogP contribution in [0.3, 0.4) is 0 Å². The van der Waals surface area contributed by atoms with E-state index in [9.17, 15) is 13.2 Å². The Kier molecular flexibility index (Phi) is 5.31. The second-order valence-electron chi connectivity index (χ2n) is 5.15. The van der Waals surface area contributed by atoms with Gasteiger partial charge < -0.3 is 15.8 Å². The van der Waals surface area contributed by atoms with Gasteiger partial charge in [-0.1, -0.05) is 0 Å². The summed E-state index contributed by atoms with van der Waals surface area (Å²) in [4.78, 5) is 12.3. The first kappa shape index (κ1) is 17.4. The van der Waals surface area contributed by atoms with Crippen LogP contribution in [0.2, 0.25) is 0 Å². The van der Waals surface area contributed by atoms with Crippen LogP contribution < -0.4 is 16.2 Å². The maximum atomic E-state index is 11.5. The lowest BCUT2D eigenvalue weighted by Gasteiger charge is -2.19. The summed E-state index contributed by atoms with van der Waals surface area (Å²) in [6, 6.07) is 1.62. The van der Waals surface area contributed by atoms with Crippen molar-refractivity contribution in [2.45, 2.75) is 32.9 Å². The van der Waals surface area contributed by atoms with E-state index < -0.39 is 21.9 Å². The summed E-state index contributed by atoms with van der Waals surface area (Å²) in [5.41, 5.74) is 5.37. The summed E-state index contributed by atoms with van der Waals surface area (Å²) < 4.78 is 29.9. The molecule has 1 aromatic rings. The molecule has 0 atom stereocenters. The Bertz CT molecular complexity index is 643. The molecule has 1 heterocycles. The highest BCUT2D eigenvalue weighted by atomic mass is 32.2. The molecule has 0 radical (unpaired) electrons. The van der Waals surface area contributed by atoms with Gasteiger partial charge in [-0.15, -0.1) is 15.7 Å². The number of nitrogens with one attached hydrogen (secondary N) is 1. The maximum Gasteiger partial charge on any atom is 0.407 e. The largest absolute Gasteiger partial charge is 0.444 e. The van der Waals surface area contributed by atoms with Crippen LogP contribution in [0.5, 0.6) is 0 Å². The number of alkyl carbamates (subject to hydrolysis) is 1. The lowest BCUT2D eigenvalue weighted by Crippen LogP contribution is -2.31. The molecule has 0 unspecified atom stereocenters. The molecule has 21 heavy (non-hydrogen) atoms. The van der Waals surface area contributed by atoms with Crippen molar-refractivity contribution >= 4 is 33.5 Å². The molecule has 1 amide bonds. The lowest BCUT2D eigenvalue weighted by molar-refractivity contribution is 0.0524. The molecule has 0 fully saturated rings. The Morgan fingerprint density at radius 2 is 2.10 bits per heavy atom. The van der Waals surface area contributed by atoms with Crippen LogP contribution in [0.1, 0.15) is 31.2 Å². The van der Waals surface area contributed by atoms with Gasteiger partial charge in [0.15, 0.2) is 0 Å². The van der Waals surface area contributed by atoms with E-state index in [1.807, 2.05) is 0 Å². The molecule has 0 spiro atoms. The van der Waals surface area contributed by atoms with Crippen molar-refractivity contribution < 1.29 is 17.9 Å². The van der Waals surface area contributed by atoms with Crippen molar-refractivity contribution in [3.8, 4) is 0 Å². The molecular formula is C11H18N4O4S2. The Labute approximate surface area is 127 Å². The number of amides is 1. The molecule has 0 aliphatic carbocycles. The van der Waals surface area contributed by atoms with Gasteiger partial charge >= 0.3 is 16.3 Å². The highest BCUT2D eigenvalue weighted by molar-refractivity contribution is 7.88. The number of hydrogen-bond acceptors (Lipinski definition) is 5. The first-order valence-corrected chi connectivity index (χ1v) is 8.27. The van der Waals surface area contributed by atoms with E-state index in [0.717, 1.165) is 4.88 Å². The van der Waals surface area contributed by atoms with E-state index in [-0.39, 0.29) is 12.4 Å². The SMILES string of the molecule is CC(C)(C)OC(=O)NCc1cc(C(N)=NS(N)(=O)=O)cs1. The first-order chi connectivity index (χ1) is 9.46. The molecular weight excluding hydrogens is 316 g/mol. The molecule has 118 valence electrons. The molecule has 0 aliphatic rings. The van der Waals surface area contributed by atoms with Gasteiger partial charge in [0.1, 0.15) is 11.4 Å². The number of nitrogens with two attached hydrogens (primary N) is 2. The molecule has 10 heteroatoms. The topological polar surface area (TPSA) is 137 Å². The fraction of sp³-hybridized carbons (Fsp3) is 0.455. The number of carbonyl (C=O) groups is 1. The van der Waals surface area contributed by atoms with Gasteiger partial charge in [-0.05, 0) is 26.8 Å². The van der Waals surface area contributed by atoms with Crippen LogP contribution in [0.25, 0.3) is 0 Å². The van der Waals surface area contributed by atoms with E-state index in [2.05, 4.69) is 9.71 Å². The van der Waals surface area contributed by atoms with Gasteiger partial charge in [0, 0.05) is 15.8 Å². The van der Waals surface area contributed by atoms with Gasteiger partial charge in [-0.3, -0.25) is 0 Å². The van der Waals surface area contributed by atoms with Crippen LogP contribution in [0.15, 0.2) is 15.8 Å². The minimum Gasteiger partial charge on any atom is -0.444 e. The van der Waals surface area contributed by atoms with Gasteiger partial charge in [0.05, 0.1) is 6.54 Å². The molecule has 1 aromatic heterocycles. The summed E-state index contributed by atoms with van der Waals surface area (Å²) in [5, 5.41) is 8.98. The molecule has 0 bridgehead atoms. The average Bonchev–Trinajstić information content (AvgIpc) is 2.70. The highest BCUT2D eigenvalue weighted by Crippen LogP contribution is 2.15. The predicted octanol–water partition coefficient (Wildman–Crippen LogP) is 0.682. The fourth-order valence-corrected chi connectivity index (χ4v) is 2.47. The molecule has 0 saturated carbocycles. The maximum absolute atomic E-state index is 11.5. The number of carbonyl (C=O) groups excluding carboxylic acids is 1. The van der Waals surface area contributed by atoms with E-state index >= 15 is 0 Å². The summed E-state index contributed by atoms with van der Waals surface area (Å²) >= 11 is 1.30. The van der Waals surface area contributed by atoms with Gasteiger partial charge in [-0.2, -0.15) is 8.42 Å².